The first kappa shape index (κ1) is 18.6. The highest BCUT2D eigenvalue weighted by Gasteiger charge is 2.19. The molecule has 27 heavy (non-hydrogen) atoms. The predicted molar refractivity (Wildman–Crippen MR) is 106 cm³/mol. The van der Waals surface area contributed by atoms with Gasteiger partial charge in [-0.25, -0.2) is 18.4 Å². The lowest BCUT2D eigenvalue weighted by atomic mass is 9.99. The quantitative estimate of drug-likeness (QED) is 0.517. The second-order valence-corrected chi connectivity index (χ2v) is 8.22. The largest absolute Gasteiger partial charge is 0.508 e. The molecule has 3 N–H and O–H groups in total. The van der Waals surface area contributed by atoms with E-state index in [1.54, 1.807) is 36.7 Å². The van der Waals surface area contributed by atoms with Gasteiger partial charge in [-0.1, -0.05) is 18.7 Å². The normalized spacial score (nSPS) is 11.3. The van der Waals surface area contributed by atoms with Gasteiger partial charge in [-0.3, -0.25) is 0 Å². The number of hydrogen-bond donors (Lipinski definition) is 2. The summed E-state index contributed by atoms with van der Waals surface area (Å²) in [5.41, 5.74) is 9.85. The fourth-order valence-corrected chi connectivity index (χ4v) is 4.22. The number of aliphatic hydroxyl groups is 1. The average molecular weight is 381 g/mol. The number of rotatable bonds is 5. The number of hydrogen-bond acceptors (Lipinski definition) is 6. The number of aryl methyl sites for hydroxylation is 1. The second kappa shape index (κ2) is 7.20. The molecule has 0 unspecified atom stereocenters. The molecule has 3 aromatic rings. The van der Waals surface area contributed by atoms with E-state index in [0.717, 1.165) is 16.7 Å². The van der Waals surface area contributed by atoms with E-state index in [1.165, 1.54) is 18.5 Å². The summed E-state index contributed by atoms with van der Waals surface area (Å²) in [5, 5.41) is 9.52. The zero-order chi connectivity index (χ0) is 19.6. The van der Waals surface area contributed by atoms with Crippen LogP contribution in [0.1, 0.15) is 16.7 Å². The van der Waals surface area contributed by atoms with Crippen molar-refractivity contribution in [1.29, 1.82) is 0 Å². The van der Waals surface area contributed by atoms with Crippen LogP contribution in [-0.2, 0) is 15.6 Å². The molecule has 0 bridgehead atoms. The maximum absolute atomic E-state index is 12.9. The fourth-order valence-electron chi connectivity index (χ4n) is 2.81. The Kier molecular flexibility index (Phi) is 4.96. The summed E-state index contributed by atoms with van der Waals surface area (Å²) in [6, 6.07) is 9.55. The van der Waals surface area contributed by atoms with Crippen molar-refractivity contribution in [2.45, 2.75) is 17.6 Å². The maximum atomic E-state index is 12.9. The van der Waals surface area contributed by atoms with Crippen LogP contribution >= 0.6 is 0 Å². The molecule has 2 aromatic carbocycles. The molecule has 3 rings (SSSR count). The molecule has 138 valence electrons. The lowest BCUT2D eigenvalue weighted by Gasteiger charge is -2.13. The van der Waals surface area contributed by atoms with Crippen molar-refractivity contribution < 1.29 is 13.5 Å². The van der Waals surface area contributed by atoms with Crippen molar-refractivity contribution in [2.75, 3.05) is 5.73 Å². The minimum Gasteiger partial charge on any atom is -0.508 e. The number of nitrogen functional groups attached to an aromatic ring is 1. The monoisotopic (exact) mass is 381 g/mol. The lowest BCUT2D eigenvalue weighted by molar-refractivity contribution is 0.513. The number of nitrogens with zero attached hydrogens (tertiary/aromatic N) is 2. The minimum atomic E-state index is -3.67. The van der Waals surface area contributed by atoms with E-state index < -0.39 is 9.84 Å². The molecule has 0 saturated carbocycles. The van der Waals surface area contributed by atoms with Crippen molar-refractivity contribution in [3.63, 3.8) is 0 Å². The van der Waals surface area contributed by atoms with Gasteiger partial charge in [0.15, 0.2) is 9.84 Å². The van der Waals surface area contributed by atoms with Crippen LogP contribution in [-0.4, -0.2) is 23.5 Å². The van der Waals surface area contributed by atoms with Crippen LogP contribution in [0.2, 0.25) is 0 Å². The highest BCUT2D eigenvalue weighted by atomic mass is 32.2. The Hall–Kier alpha value is -3.19. The van der Waals surface area contributed by atoms with Gasteiger partial charge in [0.25, 0.3) is 0 Å². The molecule has 0 fully saturated rings. The van der Waals surface area contributed by atoms with E-state index in [1.807, 2.05) is 6.92 Å². The van der Waals surface area contributed by atoms with Gasteiger partial charge in [0.1, 0.15) is 12.1 Å². The predicted octanol–water partition coefficient (Wildman–Crippen LogP) is 3.54. The van der Waals surface area contributed by atoms with E-state index >= 15 is 0 Å². The summed E-state index contributed by atoms with van der Waals surface area (Å²) in [4.78, 5) is 8.12. The molecule has 0 saturated heterocycles. The number of benzene rings is 2. The van der Waals surface area contributed by atoms with E-state index in [0.29, 0.717) is 16.8 Å². The zero-order valence-electron chi connectivity index (χ0n) is 14.8. The Balaban J connectivity index is 2.02. The molecule has 1 aromatic heterocycles. The van der Waals surface area contributed by atoms with E-state index in [-0.39, 0.29) is 16.4 Å². The van der Waals surface area contributed by atoms with Crippen LogP contribution in [0.4, 0.5) is 5.69 Å². The second-order valence-electron chi connectivity index (χ2n) is 6.23. The van der Waals surface area contributed by atoms with Crippen LogP contribution in [0.15, 0.2) is 66.6 Å². The molecule has 0 spiro atoms. The van der Waals surface area contributed by atoms with Gasteiger partial charge in [-0.05, 0) is 47.9 Å². The van der Waals surface area contributed by atoms with Crippen molar-refractivity contribution in [1.82, 2.24) is 9.97 Å². The molecule has 0 aliphatic carbocycles. The van der Waals surface area contributed by atoms with E-state index in [2.05, 4.69) is 16.5 Å². The Morgan fingerprint density at radius 2 is 1.89 bits per heavy atom. The molecule has 1 heterocycles. The molecule has 6 nitrogen and oxygen atoms in total. The van der Waals surface area contributed by atoms with Crippen molar-refractivity contribution in [3.05, 3.63) is 78.4 Å². The number of aromatic nitrogens is 2. The average Bonchev–Trinajstić information content (AvgIpc) is 2.64. The first-order valence-corrected chi connectivity index (χ1v) is 9.78. The SMILES string of the molecule is C=C(O)c1cccc(S(=O)(=O)Cc2cc(-c3cncnc3)c(C)cc2N)c1. The maximum Gasteiger partial charge on any atom is 0.182 e. The number of nitrogens with two attached hydrogens (primary N) is 1. The van der Waals surface area contributed by atoms with Gasteiger partial charge in [0.2, 0.25) is 0 Å². The summed E-state index contributed by atoms with van der Waals surface area (Å²) in [6.45, 7) is 5.33. The Morgan fingerprint density at radius 3 is 2.56 bits per heavy atom. The third kappa shape index (κ3) is 3.98. The van der Waals surface area contributed by atoms with Gasteiger partial charge in [0, 0.05) is 29.2 Å². The molecule has 0 amide bonds. The van der Waals surface area contributed by atoms with Gasteiger partial charge < -0.3 is 10.8 Å². The summed E-state index contributed by atoms with van der Waals surface area (Å²) >= 11 is 0. The Bertz CT molecular complexity index is 1110. The lowest BCUT2D eigenvalue weighted by Crippen LogP contribution is -2.08. The molecular formula is C20H19N3O3S. The van der Waals surface area contributed by atoms with Gasteiger partial charge in [-0.2, -0.15) is 0 Å². The fraction of sp³-hybridized carbons (Fsp3) is 0.100. The first-order chi connectivity index (χ1) is 12.8. The Labute approximate surface area is 158 Å². The summed E-state index contributed by atoms with van der Waals surface area (Å²) < 4.78 is 25.7. The van der Waals surface area contributed by atoms with Gasteiger partial charge in [-0.15, -0.1) is 0 Å². The van der Waals surface area contributed by atoms with Crippen molar-refractivity contribution in [2.24, 2.45) is 0 Å². The number of aliphatic hydroxyl groups excluding tert-OH is 1. The third-order valence-corrected chi connectivity index (χ3v) is 5.89. The molecular weight excluding hydrogens is 362 g/mol. The third-order valence-electron chi connectivity index (χ3n) is 4.23. The van der Waals surface area contributed by atoms with Crippen LogP contribution in [0.3, 0.4) is 0 Å². The van der Waals surface area contributed by atoms with E-state index in [9.17, 15) is 13.5 Å². The molecule has 0 radical (unpaired) electrons. The number of anilines is 1. The van der Waals surface area contributed by atoms with Crippen LogP contribution in [0.25, 0.3) is 16.9 Å². The smallest absolute Gasteiger partial charge is 0.182 e. The first-order valence-electron chi connectivity index (χ1n) is 8.13. The Morgan fingerprint density at radius 1 is 1.19 bits per heavy atom. The minimum absolute atomic E-state index is 0.0970. The summed E-state index contributed by atoms with van der Waals surface area (Å²) in [6.07, 6.45) is 4.77. The van der Waals surface area contributed by atoms with Crippen LogP contribution in [0, 0.1) is 6.92 Å². The highest BCUT2D eigenvalue weighted by molar-refractivity contribution is 7.90. The topological polar surface area (TPSA) is 106 Å². The van der Waals surface area contributed by atoms with Crippen molar-refractivity contribution >= 4 is 21.3 Å². The van der Waals surface area contributed by atoms with Crippen LogP contribution in [0.5, 0.6) is 0 Å². The number of sulfone groups is 1. The van der Waals surface area contributed by atoms with Gasteiger partial charge >= 0.3 is 0 Å². The molecule has 0 aliphatic rings. The molecule has 7 heteroatoms. The van der Waals surface area contributed by atoms with Crippen molar-refractivity contribution in [3.8, 4) is 11.1 Å². The van der Waals surface area contributed by atoms with E-state index in [4.69, 9.17) is 5.73 Å². The van der Waals surface area contributed by atoms with Crippen LogP contribution < -0.4 is 5.73 Å². The summed E-state index contributed by atoms with van der Waals surface area (Å²) in [7, 11) is -3.67. The highest BCUT2D eigenvalue weighted by Crippen LogP contribution is 2.30. The molecule has 0 aliphatic heterocycles. The standard InChI is InChI=1S/C20H19N3O3S/c1-13-6-20(21)16(8-19(13)17-9-22-12-23-10-17)11-27(25,26)18-5-3-4-15(7-18)14(2)24/h3-10,12,24H,2,11,21H2,1H3. The van der Waals surface area contributed by atoms with Gasteiger partial charge in [0.05, 0.1) is 10.6 Å². The zero-order valence-corrected chi connectivity index (χ0v) is 15.6. The molecule has 0 atom stereocenters. The summed E-state index contributed by atoms with van der Waals surface area (Å²) in [5.74, 6) is -0.450.